The van der Waals surface area contributed by atoms with Crippen molar-refractivity contribution in [3.05, 3.63) is 75.5 Å². The molecule has 0 saturated heterocycles. The third-order valence-corrected chi connectivity index (χ3v) is 4.04. The van der Waals surface area contributed by atoms with E-state index >= 15 is 0 Å². The van der Waals surface area contributed by atoms with Crippen LogP contribution >= 0.6 is 23.8 Å². The number of hydrogen-bond acceptors (Lipinski definition) is 4. The van der Waals surface area contributed by atoms with Crippen LogP contribution in [0.1, 0.15) is 11.1 Å². The Morgan fingerprint density at radius 1 is 1.25 bits per heavy atom. The fourth-order valence-corrected chi connectivity index (χ4v) is 2.52. The van der Waals surface area contributed by atoms with Crippen molar-refractivity contribution in [2.45, 2.75) is 13.2 Å². The summed E-state index contributed by atoms with van der Waals surface area (Å²) in [7, 11) is 0. The summed E-state index contributed by atoms with van der Waals surface area (Å²) in [6, 6.07) is 12.0. The Labute approximate surface area is 148 Å². The van der Waals surface area contributed by atoms with Crippen LogP contribution in [-0.2, 0) is 13.2 Å². The molecule has 3 aromatic rings. The van der Waals surface area contributed by atoms with E-state index in [0.29, 0.717) is 27.7 Å². The minimum absolute atomic E-state index is 0.0493. The molecule has 1 aromatic heterocycles. The van der Waals surface area contributed by atoms with E-state index in [1.807, 2.05) is 24.3 Å². The number of hydrogen-bond donors (Lipinski definition) is 2. The summed E-state index contributed by atoms with van der Waals surface area (Å²) >= 11 is 11.1. The van der Waals surface area contributed by atoms with Crippen molar-refractivity contribution in [2.75, 3.05) is 5.43 Å². The highest BCUT2D eigenvalue weighted by Crippen LogP contribution is 2.23. The van der Waals surface area contributed by atoms with E-state index in [4.69, 9.17) is 28.6 Å². The van der Waals surface area contributed by atoms with Gasteiger partial charge in [0.1, 0.15) is 24.5 Å². The van der Waals surface area contributed by atoms with Crippen LogP contribution in [0.15, 0.2) is 48.8 Å². The van der Waals surface area contributed by atoms with Crippen molar-refractivity contribution in [3.8, 4) is 5.75 Å². The predicted molar refractivity (Wildman–Crippen MR) is 92.7 cm³/mol. The molecule has 0 saturated carbocycles. The van der Waals surface area contributed by atoms with Crippen molar-refractivity contribution in [3.63, 3.8) is 0 Å². The molecule has 0 aliphatic heterocycles. The minimum atomic E-state index is -0.386. The van der Waals surface area contributed by atoms with Gasteiger partial charge in [-0.1, -0.05) is 35.9 Å². The molecule has 0 aliphatic carbocycles. The first-order chi connectivity index (χ1) is 11.6. The maximum absolute atomic E-state index is 13.8. The summed E-state index contributed by atoms with van der Waals surface area (Å²) in [6.07, 6.45) is 1.55. The van der Waals surface area contributed by atoms with Crippen LogP contribution in [-0.4, -0.2) is 14.9 Å². The zero-order chi connectivity index (χ0) is 16.9. The Morgan fingerprint density at radius 3 is 2.83 bits per heavy atom. The van der Waals surface area contributed by atoms with E-state index < -0.39 is 0 Å². The Balaban J connectivity index is 1.72. The highest BCUT2D eigenvalue weighted by molar-refractivity contribution is 7.71. The second-order valence-electron chi connectivity index (χ2n) is 4.96. The summed E-state index contributed by atoms with van der Waals surface area (Å²) < 4.78 is 21.7. The lowest BCUT2D eigenvalue weighted by atomic mass is 10.2. The number of halogens is 2. The summed E-state index contributed by atoms with van der Waals surface area (Å²) in [5.74, 6) is 0.252. The molecule has 0 atom stereocenters. The molecule has 124 valence electrons. The Hall–Kier alpha value is -2.38. The molecule has 0 aliphatic rings. The van der Waals surface area contributed by atoms with Gasteiger partial charge in [0, 0.05) is 11.1 Å². The van der Waals surface area contributed by atoms with E-state index in [1.165, 1.54) is 6.07 Å². The number of aromatic nitrogens is 3. The summed E-state index contributed by atoms with van der Waals surface area (Å²) in [4.78, 5) is 0. The SMILES string of the molecule is Fc1cccc(Cl)c1COc1ccccc1CNn1cn[nH]c1=S. The van der Waals surface area contributed by atoms with Gasteiger partial charge in [0.15, 0.2) is 0 Å². The van der Waals surface area contributed by atoms with Crippen molar-refractivity contribution in [1.29, 1.82) is 0 Å². The number of para-hydroxylation sites is 1. The van der Waals surface area contributed by atoms with Crippen molar-refractivity contribution in [1.82, 2.24) is 14.9 Å². The lowest BCUT2D eigenvalue weighted by molar-refractivity contribution is 0.297. The van der Waals surface area contributed by atoms with E-state index in [2.05, 4.69) is 15.6 Å². The van der Waals surface area contributed by atoms with Crippen LogP contribution in [0.25, 0.3) is 0 Å². The average molecular weight is 365 g/mol. The Kier molecular flexibility index (Phi) is 5.12. The largest absolute Gasteiger partial charge is 0.488 e. The van der Waals surface area contributed by atoms with E-state index in [0.717, 1.165) is 5.56 Å². The lowest BCUT2D eigenvalue weighted by Crippen LogP contribution is -2.14. The molecule has 2 N–H and O–H groups in total. The van der Waals surface area contributed by atoms with E-state index in [1.54, 1.807) is 23.1 Å². The number of H-pyrrole nitrogens is 1. The van der Waals surface area contributed by atoms with Gasteiger partial charge >= 0.3 is 0 Å². The average Bonchev–Trinajstić information content (AvgIpc) is 2.98. The maximum atomic E-state index is 13.8. The molecule has 0 fully saturated rings. The fraction of sp³-hybridized carbons (Fsp3) is 0.125. The van der Waals surface area contributed by atoms with Gasteiger partial charge in [-0.3, -0.25) is 5.10 Å². The van der Waals surface area contributed by atoms with Gasteiger partial charge in [-0.15, -0.1) is 0 Å². The molecule has 3 rings (SSSR count). The highest BCUT2D eigenvalue weighted by Gasteiger charge is 2.09. The number of ether oxygens (including phenoxy) is 1. The molecule has 8 heteroatoms. The molecular formula is C16H14ClFN4OS. The number of nitrogens with zero attached hydrogens (tertiary/aromatic N) is 2. The topological polar surface area (TPSA) is 54.9 Å². The quantitative estimate of drug-likeness (QED) is 0.648. The second kappa shape index (κ2) is 7.46. The van der Waals surface area contributed by atoms with Gasteiger partial charge in [-0.25, -0.2) is 9.07 Å². The first kappa shape index (κ1) is 16.5. The van der Waals surface area contributed by atoms with Gasteiger partial charge < -0.3 is 10.2 Å². The molecule has 0 unspecified atom stereocenters. The zero-order valence-corrected chi connectivity index (χ0v) is 14.1. The molecule has 0 amide bonds. The van der Waals surface area contributed by atoms with Crippen molar-refractivity contribution >= 4 is 23.8 Å². The smallest absolute Gasteiger partial charge is 0.214 e. The van der Waals surface area contributed by atoms with E-state index in [-0.39, 0.29) is 12.4 Å². The van der Waals surface area contributed by atoms with Crippen LogP contribution in [0.3, 0.4) is 0 Å². The molecule has 0 spiro atoms. The first-order valence-corrected chi connectivity index (χ1v) is 7.93. The molecule has 0 radical (unpaired) electrons. The van der Waals surface area contributed by atoms with Gasteiger partial charge in [-0.2, -0.15) is 5.10 Å². The molecule has 0 bridgehead atoms. The maximum Gasteiger partial charge on any atom is 0.214 e. The van der Waals surface area contributed by atoms with Crippen LogP contribution in [0.5, 0.6) is 5.75 Å². The van der Waals surface area contributed by atoms with Crippen LogP contribution < -0.4 is 10.2 Å². The van der Waals surface area contributed by atoms with Crippen LogP contribution in [0.4, 0.5) is 4.39 Å². The Bertz CT molecular complexity index is 875. The molecule has 5 nitrogen and oxygen atoms in total. The number of nitrogens with one attached hydrogen (secondary N) is 2. The minimum Gasteiger partial charge on any atom is -0.488 e. The zero-order valence-electron chi connectivity index (χ0n) is 12.5. The monoisotopic (exact) mass is 364 g/mol. The summed E-state index contributed by atoms with van der Waals surface area (Å²) in [5, 5.41) is 6.83. The van der Waals surface area contributed by atoms with Crippen molar-refractivity contribution in [2.24, 2.45) is 0 Å². The fourth-order valence-electron chi connectivity index (χ4n) is 2.14. The first-order valence-electron chi connectivity index (χ1n) is 7.14. The summed E-state index contributed by atoms with van der Waals surface area (Å²) in [5.41, 5.74) is 4.34. The van der Waals surface area contributed by atoms with Gasteiger partial charge in [-0.05, 0) is 30.4 Å². The second-order valence-corrected chi connectivity index (χ2v) is 5.76. The molecular weight excluding hydrogens is 351 g/mol. The third kappa shape index (κ3) is 3.74. The molecule has 2 aromatic carbocycles. The normalized spacial score (nSPS) is 10.6. The van der Waals surface area contributed by atoms with Gasteiger partial charge in [0.05, 0.1) is 11.6 Å². The van der Waals surface area contributed by atoms with Crippen LogP contribution in [0.2, 0.25) is 5.02 Å². The van der Waals surface area contributed by atoms with E-state index in [9.17, 15) is 4.39 Å². The number of rotatable bonds is 6. The number of aromatic amines is 1. The standard InChI is InChI=1S/C16H14ClFN4OS/c17-13-5-3-6-14(18)12(13)9-23-15-7-2-1-4-11(15)8-20-22-10-19-21-16(22)24/h1-7,10,20H,8-9H2,(H,21,24). The summed E-state index contributed by atoms with van der Waals surface area (Å²) in [6.45, 7) is 0.517. The van der Waals surface area contributed by atoms with Gasteiger partial charge in [0.25, 0.3) is 0 Å². The molecule has 24 heavy (non-hydrogen) atoms. The Morgan fingerprint density at radius 2 is 2.08 bits per heavy atom. The van der Waals surface area contributed by atoms with Gasteiger partial charge in [0.2, 0.25) is 4.77 Å². The number of benzene rings is 2. The third-order valence-electron chi connectivity index (χ3n) is 3.40. The lowest BCUT2D eigenvalue weighted by Gasteiger charge is -2.13. The predicted octanol–water partition coefficient (Wildman–Crippen LogP) is 4.06. The molecule has 1 heterocycles. The highest BCUT2D eigenvalue weighted by atomic mass is 35.5. The van der Waals surface area contributed by atoms with Crippen molar-refractivity contribution < 1.29 is 9.13 Å². The van der Waals surface area contributed by atoms with Crippen LogP contribution in [0, 0.1) is 10.6 Å².